The molecule has 0 saturated carbocycles. The van der Waals surface area contributed by atoms with Crippen LogP contribution in [0, 0.1) is 6.92 Å². The molecule has 2 heterocycles. The number of anilines is 1. The molecule has 0 aromatic carbocycles. The summed E-state index contributed by atoms with van der Waals surface area (Å²) in [6, 6.07) is -0.254. The number of nitrogens with one attached hydrogen (secondary N) is 1. The van der Waals surface area contributed by atoms with Crippen molar-refractivity contribution in [1.82, 2.24) is 14.7 Å². The molecule has 8 heteroatoms. The summed E-state index contributed by atoms with van der Waals surface area (Å²) in [5, 5.41) is 7.12. The minimum absolute atomic E-state index is 0.0369. The maximum atomic E-state index is 12.3. The van der Waals surface area contributed by atoms with Gasteiger partial charge in [-0.2, -0.15) is 5.10 Å². The molecule has 0 aliphatic carbocycles. The Hall–Kier alpha value is -1.57. The smallest absolute Gasteiger partial charge is 0.321 e. The van der Waals surface area contributed by atoms with Gasteiger partial charge in [-0.25, -0.2) is 13.2 Å². The van der Waals surface area contributed by atoms with E-state index >= 15 is 0 Å². The van der Waals surface area contributed by atoms with Crippen molar-refractivity contribution >= 4 is 21.6 Å². The van der Waals surface area contributed by atoms with E-state index in [1.807, 2.05) is 11.6 Å². The number of nitrogens with zero attached hydrogens (tertiary/aromatic N) is 3. The van der Waals surface area contributed by atoms with Crippen LogP contribution < -0.4 is 5.32 Å². The molecule has 1 aliphatic heterocycles. The highest BCUT2D eigenvalue weighted by Gasteiger charge is 2.23. The molecule has 0 bridgehead atoms. The first-order chi connectivity index (χ1) is 10.4. The average molecular weight is 328 g/mol. The first kappa shape index (κ1) is 16.8. The predicted octanol–water partition coefficient (Wildman–Crippen LogP) is 1.64. The fourth-order valence-electron chi connectivity index (χ4n) is 2.44. The van der Waals surface area contributed by atoms with E-state index in [-0.39, 0.29) is 24.1 Å². The lowest BCUT2D eigenvalue weighted by molar-refractivity contribution is 0.215. The van der Waals surface area contributed by atoms with E-state index in [2.05, 4.69) is 17.3 Å². The maximum Gasteiger partial charge on any atom is 0.321 e. The molecular formula is C14H24N4O3S. The van der Waals surface area contributed by atoms with Crippen LogP contribution in [0.5, 0.6) is 0 Å². The Kier molecular flexibility index (Phi) is 5.44. The Morgan fingerprint density at radius 2 is 2.14 bits per heavy atom. The van der Waals surface area contributed by atoms with Crippen LogP contribution in [0.1, 0.15) is 31.9 Å². The second-order valence-corrected chi connectivity index (χ2v) is 7.95. The van der Waals surface area contributed by atoms with Crippen LogP contribution in [0.3, 0.4) is 0 Å². The second-order valence-electron chi connectivity index (χ2n) is 5.64. The van der Waals surface area contributed by atoms with E-state index < -0.39 is 9.84 Å². The molecule has 7 nitrogen and oxygen atoms in total. The van der Waals surface area contributed by atoms with E-state index in [0.717, 1.165) is 25.1 Å². The van der Waals surface area contributed by atoms with Crippen LogP contribution >= 0.6 is 0 Å². The van der Waals surface area contributed by atoms with Crippen molar-refractivity contribution in [3.05, 3.63) is 11.9 Å². The van der Waals surface area contributed by atoms with Gasteiger partial charge in [0.05, 0.1) is 29.1 Å². The summed E-state index contributed by atoms with van der Waals surface area (Å²) >= 11 is 0. The SMILES string of the molecule is CCCCn1ncc(NC(=O)N2CCCS(=O)(=O)CC2)c1C. The molecule has 0 spiro atoms. The van der Waals surface area contributed by atoms with Gasteiger partial charge in [-0.1, -0.05) is 13.3 Å². The quantitative estimate of drug-likeness (QED) is 0.910. The van der Waals surface area contributed by atoms with Crippen LogP contribution in [-0.4, -0.2) is 53.7 Å². The molecule has 0 unspecified atom stereocenters. The number of urea groups is 1. The number of rotatable bonds is 4. The summed E-state index contributed by atoms with van der Waals surface area (Å²) < 4.78 is 25.0. The van der Waals surface area contributed by atoms with E-state index in [9.17, 15) is 13.2 Å². The Morgan fingerprint density at radius 1 is 1.36 bits per heavy atom. The fourth-order valence-corrected chi connectivity index (χ4v) is 3.71. The molecule has 22 heavy (non-hydrogen) atoms. The van der Waals surface area contributed by atoms with Gasteiger partial charge in [-0.3, -0.25) is 4.68 Å². The van der Waals surface area contributed by atoms with Crippen LogP contribution in [-0.2, 0) is 16.4 Å². The number of hydrogen-bond acceptors (Lipinski definition) is 4. The number of carbonyl (C=O) groups is 1. The molecule has 0 atom stereocenters. The molecule has 2 rings (SSSR count). The number of aryl methyl sites for hydroxylation is 1. The van der Waals surface area contributed by atoms with Gasteiger partial charge in [0.2, 0.25) is 0 Å². The number of aromatic nitrogens is 2. The Labute approximate surface area is 131 Å². The highest BCUT2D eigenvalue weighted by molar-refractivity contribution is 7.91. The van der Waals surface area contributed by atoms with Gasteiger partial charge in [-0.15, -0.1) is 0 Å². The summed E-state index contributed by atoms with van der Waals surface area (Å²) in [4.78, 5) is 13.9. The van der Waals surface area contributed by atoms with Crippen LogP contribution in [0.25, 0.3) is 0 Å². The number of unbranched alkanes of at least 4 members (excludes halogenated alkanes) is 1. The first-order valence-corrected chi connectivity index (χ1v) is 9.54. The molecule has 0 radical (unpaired) electrons. The minimum Gasteiger partial charge on any atom is -0.323 e. The molecular weight excluding hydrogens is 304 g/mol. The Balaban J connectivity index is 1.98. The fraction of sp³-hybridized carbons (Fsp3) is 0.714. The van der Waals surface area contributed by atoms with Gasteiger partial charge in [0, 0.05) is 19.6 Å². The monoisotopic (exact) mass is 328 g/mol. The van der Waals surface area contributed by atoms with Gasteiger partial charge in [0.25, 0.3) is 0 Å². The van der Waals surface area contributed by atoms with Crippen molar-refractivity contribution in [2.75, 3.05) is 29.9 Å². The summed E-state index contributed by atoms with van der Waals surface area (Å²) in [6.07, 6.45) is 4.27. The Morgan fingerprint density at radius 3 is 2.86 bits per heavy atom. The summed E-state index contributed by atoms with van der Waals surface area (Å²) in [7, 11) is -3.01. The predicted molar refractivity (Wildman–Crippen MR) is 85.7 cm³/mol. The lowest BCUT2D eigenvalue weighted by Crippen LogP contribution is -2.37. The van der Waals surface area contributed by atoms with E-state index in [1.165, 1.54) is 0 Å². The van der Waals surface area contributed by atoms with Crippen LogP contribution in [0.4, 0.5) is 10.5 Å². The van der Waals surface area contributed by atoms with Crippen LogP contribution in [0.15, 0.2) is 6.20 Å². The normalized spacial score (nSPS) is 18.0. The first-order valence-electron chi connectivity index (χ1n) is 7.71. The number of carbonyl (C=O) groups excluding carboxylic acids is 1. The zero-order valence-corrected chi connectivity index (χ0v) is 14.0. The average Bonchev–Trinajstić information content (AvgIpc) is 2.69. The second kappa shape index (κ2) is 7.13. The van der Waals surface area contributed by atoms with Crippen molar-refractivity contribution in [2.24, 2.45) is 0 Å². The van der Waals surface area contributed by atoms with Crippen molar-refractivity contribution in [3.63, 3.8) is 0 Å². The summed E-state index contributed by atoms with van der Waals surface area (Å²) in [6.45, 7) is 5.59. The summed E-state index contributed by atoms with van der Waals surface area (Å²) in [5.74, 6) is 0.194. The molecule has 124 valence electrons. The third-order valence-corrected chi connectivity index (χ3v) is 5.63. The van der Waals surface area contributed by atoms with Gasteiger partial charge in [0.1, 0.15) is 0 Å². The van der Waals surface area contributed by atoms with Gasteiger partial charge >= 0.3 is 6.03 Å². The molecule has 1 N–H and O–H groups in total. The van der Waals surface area contributed by atoms with Crippen molar-refractivity contribution in [3.8, 4) is 0 Å². The van der Waals surface area contributed by atoms with Gasteiger partial charge in [-0.05, 0) is 19.8 Å². The van der Waals surface area contributed by atoms with Crippen molar-refractivity contribution in [1.29, 1.82) is 0 Å². The lowest BCUT2D eigenvalue weighted by Gasteiger charge is -2.20. The molecule has 2 amide bonds. The van der Waals surface area contributed by atoms with Gasteiger partial charge in [0.15, 0.2) is 9.84 Å². The van der Waals surface area contributed by atoms with Gasteiger partial charge < -0.3 is 10.2 Å². The van der Waals surface area contributed by atoms with Crippen molar-refractivity contribution < 1.29 is 13.2 Å². The highest BCUT2D eigenvalue weighted by atomic mass is 32.2. The largest absolute Gasteiger partial charge is 0.323 e. The zero-order chi connectivity index (χ0) is 16.2. The molecule has 1 saturated heterocycles. The standard InChI is InChI=1S/C14H24N4O3S/c1-3-4-7-18-12(2)13(11-15-18)16-14(19)17-6-5-9-22(20,21)10-8-17/h11H,3-10H2,1-2H3,(H,16,19). The lowest BCUT2D eigenvalue weighted by atomic mass is 10.3. The summed E-state index contributed by atoms with van der Waals surface area (Å²) in [5.41, 5.74) is 1.61. The van der Waals surface area contributed by atoms with Crippen molar-refractivity contribution in [2.45, 2.75) is 39.7 Å². The Bertz CT molecular complexity index is 624. The number of amides is 2. The number of sulfone groups is 1. The molecule has 1 aromatic rings. The van der Waals surface area contributed by atoms with E-state index in [4.69, 9.17) is 0 Å². The third kappa shape index (κ3) is 4.22. The van der Waals surface area contributed by atoms with E-state index in [1.54, 1.807) is 11.1 Å². The topological polar surface area (TPSA) is 84.3 Å². The number of hydrogen-bond donors (Lipinski definition) is 1. The zero-order valence-electron chi connectivity index (χ0n) is 13.2. The third-order valence-electron chi connectivity index (χ3n) is 3.91. The molecule has 1 fully saturated rings. The molecule has 1 aliphatic rings. The highest BCUT2D eigenvalue weighted by Crippen LogP contribution is 2.16. The molecule has 1 aromatic heterocycles. The van der Waals surface area contributed by atoms with E-state index in [0.29, 0.717) is 18.7 Å². The van der Waals surface area contributed by atoms with Crippen LogP contribution in [0.2, 0.25) is 0 Å². The maximum absolute atomic E-state index is 12.3. The minimum atomic E-state index is -3.01.